The normalized spacial score (nSPS) is 30.9. The quantitative estimate of drug-likeness (QED) is 0.357. The second kappa shape index (κ2) is 8.22. The number of nitrogens with one attached hydrogen (secondary N) is 3. The summed E-state index contributed by atoms with van der Waals surface area (Å²) in [6, 6.07) is -0.399. The van der Waals surface area contributed by atoms with E-state index in [1.807, 2.05) is 13.8 Å². The first-order valence-electron chi connectivity index (χ1n) is 9.39. The highest BCUT2D eigenvalue weighted by atomic mass is 16.6. The summed E-state index contributed by atoms with van der Waals surface area (Å²) < 4.78 is 11.1. The molecule has 0 bridgehead atoms. The van der Waals surface area contributed by atoms with E-state index in [9.17, 15) is 9.59 Å². The van der Waals surface area contributed by atoms with Crippen molar-refractivity contribution in [1.82, 2.24) is 20.9 Å². The molecule has 0 saturated carbocycles. The van der Waals surface area contributed by atoms with Crippen molar-refractivity contribution >= 4 is 17.9 Å². The summed E-state index contributed by atoms with van der Waals surface area (Å²) in [6.07, 6.45) is 1.64. The molecule has 26 heavy (non-hydrogen) atoms. The van der Waals surface area contributed by atoms with Crippen molar-refractivity contribution in [2.24, 2.45) is 10.9 Å². The van der Waals surface area contributed by atoms with E-state index in [1.54, 1.807) is 0 Å². The number of carbonyl (C=O) groups is 2. The first-order valence-corrected chi connectivity index (χ1v) is 9.39. The van der Waals surface area contributed by atoms with Crippen LogP contribution in [0.4, 0.5) is 4.79 Å². The van der Waals surface area contributed by atoms with Crippen LogP contribution in [0, 0.1) is 5.92 Å². The molecule has 3 fully saturated rings. The third-order valence-electron chi connectivity index (χ3n) is 5.35. The fourth-order valence-electron chi connectivity index (χ4n) is 3.77. The molecule has 3 aliphatic rings. The highest BCUT2D eigenvalue weighted by molar-refractivity contribution is 6.07. The van der Waals surface area contributed by atoms with Crippen molar-refractivity contribution in [3.63, 3.8) is 0 Å². The number of hydrogen-bond acceptors (Lipinski definition) is 5. The van der Waals surface area contributed by atoms with Gasteiger partial charge in [-0.1, -0.05) is 0 Å². The first kappa shape index (κ1) is 18.9. The zero-order valence-electron chi connectivity index (χ0n) is 15.5. The Bertz CT molecular complexity index is 555. The lowest BCUT2D eigenvalue weighted by molar-refractivity contribution is -0.125. The van der Waals surface area contributed by atoms with Gasteiger partial charge in [-0.3, -0.25) is 15.1 Å². The SMILES string of the molecule is CCNC(=NCC1COCCO1)N1CCC(C2(C)NC(=O)NC2=O)CC1. The number of rotatable bonds is 4. The largest absolute Gasteiger partial charge is 0.376 e. The smallest absolute Gasteiger partial charge is 0.322 e. The van der Waals surface area contributed by atoms with Crippen LogP contribution in [0.3, 0.4) is 0 Å². The Morgan fingerprint density at radius 1 is 1.35 bits per heavy atom. The number of nitrogens with zero attached hydrogens (tertiary/aromatic N) is 2. The van der Waals surface area contributed by atoms with Gasteiger partial charge in [0.2, 0.25) is 0 Å². The van der Waals surface area contributed by atoms with Crippen molar-refractivity contribution in [3.8, 4) is 0 Å². The Kier molecular flexibility index (Phi) is 5.98. The van der Waals surface area contributed by atoms with Gasteiger partial charge in [0.25, 0.3) is 5.91 Å². The summed E-state index contributed by atoms with van der Waals surface area (Å²) in [5.74, 6) is 0.754. The number of guanidine groups is 1. The molecule has 0 aromatic heterocycles. The van der Waals surface area contributed by atoms with Crippen molar-refractivity contribution in [2.45, 2.75) is 38.3 Å². The maximum Gasteiger partial charge on any atom is 0.322 e. The van der Waals surface area contributed by atoms with Gasteiger partial charge in [0.1, 0.15) is 11.6 Å². The molecule has 3 amide bonds. The number of hydrogen-bond donors (Lipinski definition) is 3. The second-order valence-corrected chi connectivity index (χ2v) is 7.13. The van der Waals surface area contributed by atoms with E-state index < -0.39 is 11.6 Å². The maximum absolute atomic E-state index is 12.1. The van der Waals surface area contributed by atoms with E-state index in [0.29, 0.717) is 26.4 Å². The number of aliphatic imine (C=N–C) groups is 1. The first-order chi connectivity index (χ1) is 12.5. The second-order valence-electron chi connectivity index (χ2n) is 7.13. The molecule has 9 nitrogen and oxygen atoms in total. The lowest BCUT2D eigenvalue weighted by Crippen LogP contribution is -2.55. The monoisotopic (exact) mass is 367 g/mol. The van der Waals surface area contributed by atoms with Gasteiger partial charge >= 0.3 is 6.03 Å². The van der Waals surface area contributed by atoms with Crippen LogP contribution in [0.1, 0.15) is 26.7 Å². The molecule has 146 valence electrons. The molecule has 0 spiro atoms. The Labute approximate surface area is 153 Å². The standard InChI is InChI=1S/C17H29N5O4/c1-3-18-15(19-10-13-11-25-8-9-26-13)22-6-4-12(5-7-22)17(2)14(23)20-16(24)21-17/h12-13H,3-11H2,1-2H3,(H,18,19)(H2,20,21,23,24). The van der Waals surface area contributed by atoms with E-state index in [2.05, 4.69) is 20.9 Å². The molecule has 0 radical (unpaired) electrons. The zero-order chi connectivity index (χ0) is 18.6. The van der Waals surface area contributed by atoms with Crippen LogP contribution < -0.4 is 16.0 Å². The molecule has 0 aromatic rings. The summed E-state index contributed by atoms with van der Waals surface area (Å²) in [6.45, 7) is 8.64. The van der Waals surface area contributed by atoms with E-state index in [-0.39, 0.29) is 17.9 Å². The molecular weight excluding hydrogens is 338 g/mol. The summed E-state index contributed by atoms with van der Waals surface area (Å²) in [5, 5.41) is 8.48. The summed E-state index contributed by atoms with van der Waals surface area (Å²) in [5.41, 5.74) is -0.814. The predicted molar refractivity (Wildman–Crippen MR) is 95.9 cm³/mol. The van der Waals surface area contributed by atoms with Crippen LogP contribution in [-0.4, -0.2) is 80.4 Å². The minimum atomic E-state index is -0.814. The molecule has 3 aliphatic heterocycles. The lowest BCUT2D eigenvalue weighted by Gasteiger charge is -2.39. The van der Waals surface area contributed by atoms with Gasteiger partial charge in [-0.2, -0.15) is 0 Å². The van der Waals surface area contributed by atoms with Gasteiger partial charge in [-0.05, 0) is 32.6 Å². The Hall–Kier alpha value is -1.87. The van der Waals surface area contributed by atoms with Gasteiger partial charge in [0.15, 0.2) is 5.96 Å². The topological polar surface area (TPSA) is 104 Å². The molecule has 3 heterocycles. The van der Waals surface area contributed by atoms with E-state index >= 15 is 0 Å². The van der Waals surface area contributed by atoms with Gasteiger partial charge in [0.05, 0.1) is 26.4 Å². The van der Waals surface area contributed by atoms with E-state index in [0.717, 1.165) is 38.4 Å². The number of imide groups is 1. The Balaban J connectivity index is 1.57. The van der Waals surface area contributed by atoms with Crippen molar-refractivity contribution < 1.29 is 19.1 Å². The summed E-state index contributed by atoms with van der Waals surface area (Å²) in [7, 11) is 0. The van der Waals surface area contributed by atoms with Crippen LogP contribution in [0.5, 0.6) is 0 Å². The molecule has 3 rings (SSSR count). The molecule has 2 atom stereocenters. The average molecular weight is 367 g/mol. The van der Waals surface area contributed by atoms with Crippen molar-refractivity contribution in [2.75, 3.05) is 46.0 Å². The van der Waals surface area contributed by atoms with Crippen LogP contribution in [0.15, 0.2) is 4.99 Å². The summed E-state index contributed by atoms with van der Waals surface area (Å²) in [4.78, 5) is 30.5. The minimum absolute atomic E-state index is 0.00579. The van der Waals surface area contributed by atoms with Crippen LogP contribution in [0.2, 0.25) is 0 Å². The highest BCUT2D eigenvalue weighted by Gasteiger charge is 2.48. The van der Waals surface area contributed by atoms with Crippen molar-refractivity contribution in [1.29, 1.82) is 0 Å². The summed E-state index contributed by atoms with van der Waals surface area (Å²) >= 11 is 0. The van der Waals surface area contributed by atoms with Crippen molar-refractivity contribution in [3.05, 3.63) is 0 Å². The van der Waals surface area contributed by atoms with Gasteiger partial charge in [-0.25, -0.2) is 4.79 Å². The predicted octanol–water partition coefficient (Wildman–Crippen LogP) is -0.323. The molecule has 0 aromatic carbocycles. The molecule has 3 saturated heterocycles. The maximum atomic E-state index is 12.1. The number of urea groups is 1. The number of carbonyl (C=O) groups excluding carboxylic acids is 2. The van der Waals surface area contributed by atoms with Crippen LogP contribution in [-0.2, 0) is 14.3 Å². The highest BCUT2D eigenvalue weighted by Crippen LogP contribution is 2.30. The van der Waals surface area contributed by atoms with E-state index in [4.69, 9.17) is 14.5 Å². The third-order valence-corrected chi connectivity index (χ3v) is 5.35. The third kappa shape index (κ3) is 4.09. The van der Waals surface area contributed by atoms with Gasteiger partial charge in [0, 0.05) is 19.6 Å². The Morgan fingerprint density at radius 2 is 2.12 bits per heavy atom. The molecule has 2 unspecified atom stereocenters. The number of likely N-dealkylation sites (tertiary alicyclic amines) is 1. The molecular formula is C17H29N5O4. The van der Waals surface area contributed by atoms with Gasteiger partial charge in [-0.15, -0.1) is 0 Å². The van der Waals surface area contributed by atoms with Gasteiger partial charge < -0.3 is 25.0 Å². The fourth-order valence-corrected chi connectivity index (χ4v) is 3.77. The molecule has 9 heteroatoms. The lowest BCUT2D eigenvalue weighted by atomic mass is 9.79. The zero-order valence-corrected chi connectivity index (χ0v) is 15.5. The number of ether oxygens (including phenoxy) is 2. The van der Waals surface area contributed by atoms with Crippen LogP contribution >= 0.6 is 0 Å². The molecule has 3 N–H and O–H groups in total. The number of piperidine rings is 1. The minimum Gasteiger partial charge on any atom is -0.376 e. The number of amides is 3. The van der Waals surface area contributed by atoms with Crippen LogP contribution in [0.25, 0.3) is 0 Å². The molecule has 0 aliphatic carbocycles. The fraction of sp³-hybridized carbons (Fsp3) is 0.824. The Morgan fingerprint density at radius 3 is 2.69 bits per heavy atom. The average Bonchev–Trinajstić information content (AvgIpc) is 2.92. The van der Waals surface area contributed by atoms with E-state index in [1.165, 1.54) is 0 Å².